The number of aliphatic hydroxyl groups is 8. The lowest BCUT2D eigenvalue weighted by atomic mass is 9.97. The van der Waals surface area contributed by atoms with Crippen molar-refractivity contribution in [3.8, 4) is 0 Å². The van der Waals surface area contributed by atoms with Crippen molar-refractivity contribution in [3.05, 3.63) is 97.2 Å². The predicted octanol–water partition coefficient (Wildman–Crippen LogP) is 17.3. The Bertz CT molecular complexity index is 1970. The second-order valence-corrected chi connectivity index (χ2v) is 27.1. The number of hydrogen-bond donors (Lipinski definition) is 9. The lowest BCUT2D eigenvalue weighted by Gasteiger charge is -2.46. The minimum absolute atomic E-state index is 0.246. The molecule has 2 heterocycles. The van der Waals surface area contributed by atoms with Gasteiger partial charge in [-0.3, -0.25) is 4.79 Å². The van der Waals surface area contributed by atoms with Crippen molar-refractivity contribution in [1.29, 1.82) is 0 Å². The molecule has 2 saturated heterocycles. The maximum absolute atomic E-state index is 13.4. The van der Waals surface area contributed by atoms with Crippen LogP contribution in [0.1, 0.15) is 316 Å². The van der Waals surface area contributed by atoms with Crippen LogP contribution in [0.3, 0.4) is 0 Å². The largest absolute Gasteiger partial charge is 0.394 e. The number of rotatable bonds is 64. The molecular weight excluding hydrogens is 1190 g/mol. The first-order chi connectivity index (χ1) is 46.6. The topological polar surface area (TPSA) is 228 Å². The van der Waals surface area contributed by atoms with Crippen LogP contribution in [0.4, 0.5) is 0 Å². The average molecular weight is 1340 g/mol. The second kappa shape index (κ2) is 64.3. The summed E-state index contributed by atoms with van der Waals surface area (Å²) in [6, 6.07) is -0.936. The summed E-state index contributed by atoms with van der Waals surface area (Å²) in [5.74, 6) is -0.246. The highest BCUT2D eigenvalue weighted by molar-refractivity contribution is 5.76. The van der Waals surface area contributed by atoms with Crippen LogP contribution in [-0.4, -0.2) is 140 Å². The Morgan fingerprint density at radius 3 is 1.16 bits per heavy atom. The first kappa shape index (κ1) is 88.0. The van der Waals surface area contributed by atoms with Gasteiger partial charge in [0.25, 0.3) is 0 Å². The zero-order valence-corrected chi connectivity index (χ0v) is 60.1. The minimum Gasteiger partial charge on any atom is -0.394 e. The highest BCUT2D eigenvalue weighted by Crippen LogP contribution is 2.30. The fourth-order valence-corrected chi connectivity index (χ4v) is 12.4. The Hall–Kier alpha value is -3.09. The van der Waals surface area contributed by atoms with Gasteiger partial charge < -0.3 is 65.1 Å². The SMILES string of the molecule is CC/C=C\C/C=C\C/C=C\C/C=C\C/C=C\C/C=C\CCCCCCCCCCCCCCCCCCCCCCC(=O)NC(COC1OC(CO)C(OC2OC(CO)C(O)C(O)C2O)C(O)C1O)C(O)/C=C/CC/C=C/CCCCCCCCCCCCCCCCCC. The molecule has 0 saturated carbocycles. The van der Waals surface area contributed by atoms with E-state index in [-0.39, 0.29) is 18.9 Å². The van der Waals surface area contributed by atoms with Crippen LogP contribution in [0.5, 0.6) is 0 Å². The van der Waals surface area contributed by atoms with Crippen molar-refractivity contribution < 1.29 is 64.6 Å². The van der Waals surface area contributed by atoms with Gasteiger partial charge in [-0.1, -0.05) is 323 Å². The van der Waals surface area contributed by atoms with E-state index in [4.69, 9.17) is 18.9 Å². The second-order valence-electron chi connectivity index (χ2n) is 27.1. The molecule has 9 N–H and O–H groups in total. The molecule has 1 amide bonds. The van der Waals surface area contributed by atoms with Crippen LogP contribution in [0.15, 0.2) is 97.2 Å². The van der Waals surface area contributed by atoms with Crippen LogP contribution < -0.4 is 5.32 Å². The summed E-state index contributed by atoms with van der Waals surface area (Å²) in [5, 5.41) is 87.6. The summed E-state index contributed by atoms with van der Waals surface area (Å²) < 4.78 is 22.9. The van der Waals surface area contributed by atoms with E-state index >= 15 is 0 Å². The number of ether oxygens (including phenoxy) is 4. The van der Waals surface area contributed by atoms with Gasteiger partial charge in [0, 0.05) is 6.42 Å². The van der Waals surface area contributed by atoms with Crippen LogP contribution in [0, 0.1) is 0 Å². The van der Waals surface area contributed by atoms with E-state index in [0.717, 1.165) is 70.6 Å². The van der Waals surface area contributed by atoms with Gasteiger partial charge in [-0.05, 0) is 83.5 Å². The smallest absolute Gasteiger partial charge is 0.220 e. The lowest BCUT2D eigenvalue weighted by molar-refractivity contribution is -0.359. The number of carbonyl (C=O) groups excluding carboxylic acids is 1. The van der Waals surface area contributed by atoms with Gasteiger partial charge in [0.15, 0.2) is 12.6 Å². The van der Waals surface area contributed by atoms with Crippen molar-refractivity contribution in [2.45, 2.75) is 389 Å². The van der Waals surface area contributed by atoms with E-state index < -0.39 is 86.8 Å². The summed E-state index contributed by atoms with van der Waals surface area (Å²) >= 11 is 0. The van der Waals surface area contributed by atoms with Crippen molar-refractivity contribution in [1.82, 2.24) is 5.32 Å². The third-order valence-corrected chi connectivity index (χ3v) is 18.5. The van der Waals surface area contributed by atoms with Crippen LogP contribution in [0.25, 0.3) is 0 Å². The average Bonchev–Trinajstić information content (AvgIpc) is 0.801. The molecule has 0 aromatic rings. The van der Waals surface area contributed by atoms with Crippen molar-refractivity contribution >= 4 is 5.91 Å². The monoisotopic (exact) mass is 1340 g/mol. The zero-order valence-electron chi connectivity index (χ0n) is 60.1. The quantitative estimate of drug-likeness (QED) is 0.0204. The highest BCUT2D eigenvalue weighted by atomic mass is 16.7. The van der Waals surface area contributed by atoms with E-state index in [1.807, 2.05) is 6.08 Å². The number of amides is 1. The van der Waals surface area contributed by atoms with Gasteiger partial charge in [0.2, 0.25) is 5.91 Å². The Labute approximate surface area is 579 Å². The van der Waals surface area contributed by atoms with Gasteiger partial charge in [-0.25, -0.2) is 0 Å². The molecule has 0 aliphatic carbocycles. The third kappa shape index (κ3) is 47.6. The summed E-state index contributed by atoms with van der Waals surface area (Å²) in [5.41, 5.74) is 0. The number of carbonyl (C=O) groups is 1. The molecular formula is C81H143NO13. The van der Waals surface area contributed by atoms with Crippen molar-refractivity contribution in [2.24, 2.45) is 0 Å². The highest BCUT2D eigenvalue weighted by Gasteiger charge is 2.51. The molecule has 0 spiro atoms. The number of aliphatic hydroxyl groups excluding tert-OH is 8. The molecule has 2 aliphatic rings. The Balaban J connectivity index is 1.60. The van der Waals surface area contributed by atoms with E-state index in [2.05, 4.69) is 104 Å². The van der Waals surface area contributed by atoms with Crippen LogP contribution in [0.2, 0.25) is 0 Å². The van der Waals surface area contributed by atoms with Gasteiger partial charge in [0.05, 0.1) is 32.0 Å². The molecule has 550 valence electrons. The van der Waals surface area contributed by atoms with E-state index in [1.165, 1.54) is 212 Å². The maximum Gasteiger partial charge on any atom is 0.220 e. The molecule has 0 aromatic carbocycles. The normalized spacial score (nSPS) is 22.9. The molecule has 12 atom stereocenters. The molecule has 2 fully saturated rings. The molecule has 95 heavy (non-hydrogen) atoms. The molecule has 2 aliphatic heterocycles. The molecule has 12 unspecified atom stereocenters. The Kier molecular flexibility index (Phi) is 59.6. The molecule has 0 radical (unpaired) electrons. The van der Waals surface area contributed by atoms with E-state index in [9.17, 15) is 45.6 Å². The van der Waals surface area contributed by atoms with E-state index in [0.29, 0.717) is 12.8 Å². The van der Waals surface area contributed by atoms with E-state index in [1.54, 1.807) is 6.08 Å². The van der Waals surface area contributed by atoms with Gasteiger partial charge in [-0.2, -0.15) is 0 Å². The molecule has 14 nitrogen and oxygen atoms in total. The zero-order chi connectivity index (χ0) is 68.7. The van der Waals surface area contributed by atoms with Crippen molar-refractivity contribution in [2.75, 3.05) is 19.8 Å². The summed E-state index contributed by atoms with van der Waals surface area (Å²) in [7, 11) is 0. The minimum atomic E-state index is -1.79. The standard InChI is InChI=1S/C81H143NO13/c1-3-5-7-9-11-13-15-17-19-21-23-25-27-28-29-30-31-32-33-34-35-36-37-38-39-40-41-42-43-45-47-49-51-53-55-57-59-61-63-65-73(86)82-69(68-92-80-78(91)76(89)79(72(67-84)94-80)95-81-77(90)75(88)74(87)71(66-83)93-81)70(85)64-62-60-58-56-54-52-50-48-46-44-26-24-22-20-18-16-14-12-10-8-6-4-2/h5,7,11,13,17,19,23,25,28-29,31-32,54,56,62,64,69-72,74-81,83-85,87-91H,3-4,6,8-10,12,14-16,18,20-22,24,26-27,30,33-53,55,57-61,63,65-68H2,1-2H3,(H,82,86)/b7-5-,13-11-,19-17-,25-23-,29-28-,32-31-,56-54+,64-62+. The van der Waals surface area contributed by atoms with Crippen LogP contribution >= 0.6 is 0 Å². The first-order valence-corrected chi connectivity index (χ1v) is 39.0. The fourth-order valence-electron chi connectivity index (χ4n) is 12.4. The predicted molar refractivity (Wildman–Crippen MR) is 392 cm³/mol. The fraction of sp³-hybridized carbons (Fsp3) is 0.790. The van der Waals surface area contributed by atoms with Gasteiger partial charge in [-0.15, -0.1) is 0 Å². The molecule has 0 aromatic heterocycles. The number of nitrogens with one attached hydrogen (secondary N) is 1. The van der Waals surface area contributed by atoms with Gasteiger partial charge >= 0.3 is 0 Å². The van der Waals surface area contributed by atoms with Crippen LogP contribution in [-0.2, 0) is 23.7 Å². The molecule has 14 heteroatoms. The van der Waals surface area contributed by atoms with Crippen molar-refractivity contribution in [3.63, 3.8) is 0 Å². The number of allylic oxidation sites excluding steroid dienone is 15. The van der Waals surface area contributed by atoms with Gasteiger partial charge in [0.1, 0.15) is 48.8 Å². The summed E-state index contributed by atoms with van der Waals surface area (Å²) in [4.78, 5) is 13.4. The maximum atomic E-state index is 13.4. The Morgan fingerprint density at radius 1 is 0.389 bits per heavy atom. The summed E-state index contributed by atoms with van der Waals surface area (Å²) in [6.45, 7) is 2.70. The summed E-state index contributed by atoms with van der Waals surface area (Å²) in [6.07, 6.45) is 74.8. The lowest BCUT2D eigenvalue weighted by Crippen LogP contribution is -2.65. The first-order valence-electron chi connectivity index (χ1n) is 39.0. The number of hydrogen-bond acceptors (Lipinski definition) is 13. The Morgan fingerprint density at radius 2 is 0.737 bits per heavy atom. The molecule has 2 rings (SSSR count). The number of unbranched alkanes of at least 4 members (excludes halogenated alkanes) is 37. The molecule has 0 bridgehead atoms. The third-order valence-electron chi connectivity index (χ3n) is 18.5.